The van der Waals surface area contributed by atoms with Crippen LogP contribution in [0.4, 0.5) is 0 Å². The van der Waals surface area contributed by atoms with Gasteiger partial charge in [0.1, 0.15) is 0 Å². The third kappa shape index (κ3) is 7.74. The molecule has 0 aliphatic carbocycles. The van der Waals surface area contributed by atoms with Crippen LogP contribution in [-0.4, -0.2) is 0 Å². The highest BCUT2D eigenvalue weighted by Crippen LogP contribution is 2.07. The maximum absolute atomic E-state index is 3.68. The second-order valence-corrected chi connectivity index (χ2v) is 2.97. The van der Waals surface area contributed by atoms with Gasteiger partial charge >= 0.3 is 0 Å². The molecule has 0 aromatic carbocycles. The number of allylic oxidation sites excluding steroid dienone is 1. The molecule has 0 aromatic rings. The van der Waals surface area contributed by atoms with Gasteiger partial charge in [0.15, 0.2) is 0 Å². The van der Waals surface area contributed by atoms with E-state index in [4.69, 9.17) is 0 Å². The number of unbranched alkanes of at least 4 members (excludes halogenated alkanes) is 2. The van der Waals surface area contributed by atoms with Crippen LogP contribution in [0.15, 0.2) is 12.7 Å². The standard InChI is InChI=1S/C9H18/c1-4-5-6-7-8-9(2)3/h4,9H,1,5-8H2,2-3H3. The predicted molar refractivity (Wildman–Crippen MR) is 43.5 cm³/mol. The van der Waals surface area contributed by atoms with Gasteiger partial charge in [0.05, 0.1) is 0 Å². The Kier molecular flexibility index (Phi) is 5.70. The highest BCUT2D eigenvalue weighted by atomic mass is 14.0. The van der Waals surface area contributed by atoms with Crippen LogP contribution in [0.5, 0.6) is 0 Å². The monoisotopic (exact) mass is 126 g/mol. The van der Waals surface area contributed by atoms with Gasteiger partial charge in [-0.05, 0) is 18.8 Å². The number of rotatable bonds is 5. The maximum atomic E-state index is 3.68. The van der Waals surface area contributed by atoms with Crippen molar-refractivity contribution in [1.82, 2.24) is 0 Å². The summed E-state index contributed by atoms with van der Waals surface area (Å²) in [4.78, 5) is 0. The van der Waals surface area contributed by atoms with Crippen LogP contribution < -0.4 is 0 Å². The summed E-state index contributed by atoms with van der Waals surface area (Å²) >= 11 is 0. The Hall–Kier alpha value is -0.260. The second kappa shape index (κ2) is 5.87. The minimum atomic E-state index is 0.870. The highest BCUT2D eigenvalue weighted by Gasteiger charge is 1.91. The zero-order valence-electron chi connectivity index (χ0n) is 6.69. The first-order chi connectivity index (χ1) is 4.27. The van der Waals surface area contributed by atoms with Crippen LogP contribution in [-0.2, 0) is 0 Å². The Morgan fingerprint density at radius 1 is 1.33 bits per heavy atom. The molecule has 0 radical (unpaired) electrons. The topological polar surface area (TPSA) is 0 Å². The van der Waals surface area contributed by atoms with Gasteiger partial charge in [-0.2, -0.15) is 0 Å². The van der Waals surface area contributed by atoms with Crippen LogP contribution in [0, 0.1) is 5.92 Å². The average molecular weight is 126 g/mol. The molecule has 0 fully saturated rings. The largest absolute Gasteiger partial charge is 0.103 e. The fourth-order valence-electron chi connectivity index (χ4n) is 0.841. The van der Waals surface area contributed by atoms with E-state index >= 15 is 0 Å². The van der Waals surface area contributed by atoms with E-state index < -0.39 is 0 Å². The van der Waals surface area contributed by atoms with Crippen molar-refractivity contribution >= 4 is 0 Å². The molecule has 0 heterocycles. The lowest BCUT2D eigenvalue weighted by molar-refractivity contribution is 0.540. The summed E-state index contributed by atoms with van der Waals surface area (Å²) in [5.74, 6) is 0.870. The Bertz CT molecular complexity index is 62.4. The Morgan fingerprint density at radius 2 is 2.00 bits per heavy atom. The third-order valence-corrected chi connectivity index (χ3v) is 1.44. The van der Waals surface area contributed by atoms with E-state index in [0.717, 1.165) is 5.92 Å². The molecule has 0 N–H and O–H groups in total. The van der Waals surface area contributed by atoms with Crippen molar-refractivity contribution in [3.8, 4) is 0 Å². The van der Waals surface area contributed by atoms with Gasteiger partial charge in [0.2, 0.25) is 0 Å². The van der Waals surface area contributed by atoms with Crippen LogP contribution in [0.25, 0.3) is 0 Å². The molecule has 0 rings (SSSR count). The second-order valence-electron chi connectivity index (χ2n) is 2.97. The van der Waals surface area contributed by atoms with Gasteiger partial charge < -0.3 is 0 Å². The van der Waals surface area contributed by atoms with Crippen LogP contribution in [0.2, 0.25) is 0 Å². The first-order valence-electron chi connectivity index (χ1n) is 3.88. The van der Waals surface area contributed by atoms with E-state index in [1.54, 1.807) is 0 Å². The lowest BCUT2D eigenvalue weighted by atomic mass is 10.1. The summed E-state index contributed by atoms with van der Waals surface area (Å²) < 4.78 is 0. The summed E-state index contributed by atoms with van der Waals surface area (Å²) in [6, 6.07) is 0. The third-order valence-electron chi connectivity index (χ3n) is 1.44. The Morgan fingerprint density at radius 3 is 2.44 bits per heavy atom. The van der Waals surface area contributed by atoms with Gasteiger partial charge in [-0.3, -0.25) is 0 Å². The summed E-state index contributed by atoms with van der Waals surface area (Å²) in [5, 5.41) is 0. The van der Waals surface area contributed by atoms with Crippen molar-refractivity contribution in [2.45, 2.75) is 39.5 Å². The molecule has 0 spiro atoms. The molecular formula is C9H18. The normalized spacial score (nSPS) is 10.1. The van der Waals surface area contributed by atoms with Crippen molar-refractivity contribution < 1.29 is 0 Å². The molecule has 0 bridgehead atoms. The zero-order valence-corrected chi connectivity index (χ0v) is 6.69. The Labute approximate surface area is 59.0 Å². The molecule has 0 heteroatoms. The molecule has 0 aliphatic heterocycles. The molecule has 0 nitrogen and oxygen atoms in total. The molecule has 0 unspecified atom stereocenters. The maximum Gasteiger partial charge on any atom is -0.0353 e. The molecule has 54 valence electrons. The molecule has 0 amide bonds. The van der Waals surface area contributed by atoms with E-state index in [2.05, 4.69) is 20.4 Å². The SMILES string of the molecule is C=CCCCCC(C)C. The van der Waals surface area contributed by atoms with E-state index in [1.807, 2.05) is 6.08 Å². The van der Waals surface area contributed by atoms with Gasteiger partial charge in [-0.25, -0.2) is 0 Å². The summed E-state index contributed by atoms with van der Waals surface area (Å²) in [6.07, 6.45) is 7.24. The van der Waals surface area contributed by atoms with Crippen LogP contribution in [0.3, 0.4) is 0 Å². The molecule has 0 saturated heterocycles. The molecule has 0 aromatic heterocycles. The van der Waals surface area contributed by atoms with E-state index in [9.17, 15) is 0 Å². The van der Waals surface area contributed by atoms with Crippen molar-refractivity contribution in [1.29, 1.82) is 0 Å². The van der Waals surface area contributed by atoms with Crippen LogP contribution >= 0.6 is 0 Å². The van der Waals surface area contributed by atoms with E-state index in [0.29, 0.717) is 0 Å². The lowest BCUT2D eigenvalue weighted by Crippen LogP contribution is -1.85. The van der Waals surface area contributed by atoms with Gasteiger partial charge in [0, 0.05) is 0 Å². The summed E-state index contributed by atoms with van der Waals surface area (Å²) in [5.41, 5.74) is 0. The molecule has 0 saturated carbocycles. The molecule has 0 aliphatic rings. The van der Waals surface area contributed by atoms with Crippen molar-refractivity contribution in [3.05, 3.63) is 12.7 Å². The highest BCUT2D eigenvalue weighted by molar-refractivity contribution is 4.65. The average Bonchev–Trinajstić information content (AvgIpc) is 1.80. The quantitative estimate of drug-likeness (QED) is 0.391. The predicted octanol–water partition coefficient (Wildman–Crippen LogP) is 3.39. The smallest absolute Gasteiger partial charge is 0.0353 e. The van der Waals surface area contributed by atoms with Crippen LogP contribution in [0.1, 0.15) is 39.5 Å². The number of hydrogen-bond acceptors (Lipinski definition) is 0. The zero-order chi connectivity index (χ0) is 7.11. The fourth-order valence-corrected chi connectivity index (χ4v) is 0.841. The first-order valence-corrected chi connectivity index (χ1v) is 3.88. The van der Waals surface area contributed by atoms with Gasteiger partial charge in [0.25, 0.3) is 0 Å². The van der Waals surface area contributed by atoms with Crippen molar-refractivity contribution in [2.24, 2.45) is 5.92 Å². The number of hydrogen-bond donors (Lipinski definition) is 0. The van der Waals surface area contributed by atoms with E-state index in [1.165, 1.54) is 25.7 Å². The Balaban J connectivity index is 2.82. The minimum absolute atomic E-state index is 0.870. The first kappa shape index (κ1) is 8.74. The van der Waals surface area contributed by atoms with E-state index in [-0.39, 0.29) is 0 Å². The summed E-state index contributed by atoms with van der Waals surface area (Å²) in [6.45, 7) is 8.22. The molecular weight excluding hydrogens is 108 g/mol. The van der Waals surface area contributed by atoms with Gasteiger partial charge in [-0.15, -0.1) is 6.58 Å². The van der Waals surface area contributed by atoms with Crippen molar-refractivity contribution in [3.63, 3.8) is 0 Å². The molecule has 0 atom stereocenters. The fraction of sp³-hybridized carbons (Fsp3) is 0.778. The molecule has 9 heavy (non-hydrogen) atoms. The minimum Gasteiger partial charge on any atom is -0.103 e. The van der Waals surface area contributed by atoms with Crippen molar-refractivity contribution in [2.75, 3.05) is 0 Å². The summed E-state index contributed by atoms with van der Waals surface area (Å²) in [7, 11) is 0. The van der Waals surface area contributed by atoms with Gasteiger partial charge in [-0.1, -0.05) is 32.8 Å². The lowest BCUT2D eigenvalue weighted by Gasteiger charge is -2.01.